The lowest BCUT2D eigenvalue weighted by atomic mass is 10.1. The minimum absolute atomic E-state index is 0.000101. The average Bonchev–Trinajstić information content (AvgIpc) is 2.47. The molecule has 0 heterocycles. The van der Waals surface area contributed by atoms with Crippen molar-refractivity contribution in [3.05, 3.63) is 58.1 Å². The van der Waals surface area contributed by atoms with E-state index in [2.05, 4.69) is 21.2 Å². The number of aliphatic hydroxyl groups is 1. The van der Waals surface area contributed by atoms with Gasteiger partial charge in [-0.3, -0.25) is 0 Å². The highest BCUT2D eigenvalue weighted by Gasteiger charge is 2.15. The van der Waals surface area contributed by atoms with Crippen molar-refractivity contribution in [3.8, 4) is 5.75 Å². The van der Waals surface area contributed by atoms with E-state index in [9.17, 15) is 5.11 Å². The normalized spacial score (nSPS) is 12.0. The number of ether oxygens (including phenoxy) is 1. The van der Waals surface area contributed by atoms with Gasteiger partial charge in [0, 0.05) is 10.2 Å². The first-order valence-corrected chi connectivity index (χ1v) is 7.21. The van der Waals surface area contributed by atoms with E-state index in [1.807, 2.05) is 49.4 Å². The summed E-state index contributed by atoms with van der Waals surface area (Å²) >= 11 is 3.53. The molecule has 0 fully saturated rings. The lowest BCUT2D eigenvalue weighted by Crippen LogP contribution is -2.16. The zero-order valence-corrected chi connectivity index (χ0v) is 13.1. The van der Waals surface area contributed by atoms with Gasteiger partial charge in [-0.1, -0.05) is 34.1 Å². The number of nitrogens with one attached hydrogen (secondary N) is 1. The van der Waals surface area contributed by atoms with Crippen molar-refractivity contribution in [1.29, 1.82) is 0 Å². The molecular formula is C16H18BrNO2. The average molecular weight is 336 g/mol. The molecule has 2 aromatic rings. The molecule has 0 aromatic heterocycles. The number of aliphatic hydroxyl groups excluding tert-OH is 1. The first-order valence-electron chi connectivity index (χ1n) is 6.42. The monoisotopic (exact) mass is 335 g/mol. The third kappa shape index (κ3) is 3.32. The second-order valence-corrected chi connectivity index (χ2v) is 5.44. The highest BCUT2D eigenvalue weighted by Crippen LogP contribution is 2.30. The Kier molecular flexibility index (Phi) is 5.04. The smallest absolute Gasteiger partial charge is 0.119 e. The molecule has 1 unspecified atom stereocenters. The van der Waals surface area contributed by atoms with E-state index in [1.54, 1.807) is 7.11 Å². The number of rotatable bonds is 5. The van der Waals surface area contributed by atoms with Crippen LogP contribution in [-0.4, -0.2) is 18.8 Å². The minimum atomic E-state index is -0.194. The molecule has 1 atom stereocenters. The molecule has 0 bridgehead atoms. The Morgan fingerprint density at radius 1 is 1.25 bits per heavy atom. The molecule has 3 nitrogen and oxygen atoms in total. The molecule has 2 aromatic carbocycles. The van der Waals surface area contributed by atoms with Crippen LogP contribution in [-0.2, 0) is 0 Å². The Morgan fingerprint density at radius 3 is 2.65 bits per heavy atom. The maximum Gasteiger partial charge on any atom is 0.119 e. The number of methoxy groups -OCH3 is 1. The molecule has 2 N–H and O–H groups in total. The van der Waals surface area contributed by atoms with Crippen LogP contribution in [0.3, 0.4) is 0 Å². The number of hydrogen-bond donors (Lipinski definition) is 2. The van der Waals surface area contributed by atoms with Gasteiger partial charge in [0.15, 0.2) is 0 Å². The molecule has 0 saturated carbocycles. The lowest BCUT2D eigenvalue weighted by molar-refractivity contribution is 0.275. The topological polar surface area (TPSA) is 41.5 Å². The third-order valence-corrected chi connectivity index (χ3v) is 3.96. The fourth-order valence-corrected chi connectivity index (χ4v) is 2.58. The van der Waals surface area contributed by atoms with Gasteiger partial charge in [-0.15, -0.1) is 0 Å². The number of aryl methyl sites for hydroxylation is 1. The van der Waals surface area contributed by atoms with E-state index in [4.69, 9.17) is 4.74 Å². The predicted molar refractivity (Wildman–Crippen MR) is 85.3 cm³/mol. The fourth-order valence-electron chi connectivity index (χ4n) is 2.06. The van der Waals surface area contributed by atoms with Crippen LogP contribution in [0.15, 0.2) is 46.9 Å². The standard InChI is InChI=1S/C16H18BrNO2/c1-11-5-3-4-6-15(11)18-16(10-19)13-9-12(20-2)7-8-14(13)17/h3-9,16,18-19H,10H2,1-2H3. The molecule has 2 rings (SSSR count). The van der Waals surface area contributed by atoms with E-state index in [0.29, 0.717) is 0 Å². The summed E-state index contributed by atoms with van der Waals surface area (Å²) in [6, 6.07) is 13.6. The van der Waals surface area contributed by atoms with Crippen molar-refractivity contribution >= 4 is 21.6 Å². The van der Waals surface area contributed by atoms with Crippen LogP contribution in [0.4, 0.5) is 5.69 Å². The Morgan fingerprint density at radius 2 is 2.00 bits per heavy atom. The first-order chi connectivity index (χ1) is 9.65. The van der Waals surface area contributed by atoms with Gasteiger partial charge in [0.1, 0.15) is 5.75 Å². The zero-order valence-electron chi connectivity index (χ0n) is 11.6. The molecule has 0 spiro atoms. The van der Waals surface area contributed by atoms with Crippen molar-refractivity contribution in [2.75, 3.05) is 19.0 Å². The Hall–Kier alpha value is -1.52. The summed E-state index contributed by atoms with van der Waals surface area (Å²) in [4.78, 5) is 0. The van der Waals surface area contributed by atoms with E-state index >= 15 is 0 Å². The van der Waals surface area contributed by atoms with E-state index < -0.39 is 0 Å². The van der Waals surface area contributed by atoms with Crippen molar-refractivity contribution in [3.63, 3.8) is 0 Å². The van der Waals surface area contributed by atoms with Crippen LogP contribution >= 0.6 is 15.9 Å². The fraction of sp³-hybridized carbons (Fsp3) is 0.250. The Bertz CT molecular complexity index is 586. The third-order valence-electron chi connectivity index (χ3n) is 3.24. The number of anilines is 1. The van der Waals surface area contributed by atoms with Crippen LogP contribution in [0.2, 0.25) is 0 Å². The van der Waals surface area contributed by atoms with Gasteiger partial charge in [-0.2, -0.15) is 0 Å². The molecule has 106 valence electrons. The number of halogens is 1. The summed E-state index contributed by atoms with van der Waals surface area (Å²) in [6.45, 7) is 2.04. The van der Waals surface area contributed by atoms with Crippen LogP contribution in [0, 0.1) is 6.92 Å². The second-order valence-electron chi connectivity index (χ2n) is 4.58. The summed E-state index contributed by atoms with van der Waals surface area (Å²) in [7, 11) is 1.63. The van der Waals surface area contributed by atoms with E-state index in [1.165, 1.54) is 0 Å². The highest BCUT2D eigenvalue weighted by atomic mass is 79.9. The molecule has 0 aliphatic heterocycles. The predicted octanol–water partition coefficient (Wildman–Crippen LogP) is 3.91. The van der Waals surface area contributed by atoms with Gasteiger partial charge in [0.05, 0.1) is 19.8 Å². The second kappa shape index (κ2) is 6.77. The summed E-state index contributed by atoms with van der Waals surface area (Å²) in [5.74, 6) is 0.772. The minimum Gasteiger partial charge on any atom is -0.497 e. The number of para-hydroxylation sites is 1. The van der Waals surface area contributed by atoms with Crippen LogP contribution in [0.1, 0.15) is 17.2 Å². The SMILES string of the molecule is COc1ccc(Br)c(C(CO)Nc2ccccc2C)c1. The van der Waals surface area contributed by atoms with Crippen molar-refractivity contribution in [1.82, 2.24) is 0 Å². The largest absolute Gasteiger partial charge is 0.497 e. The summed E-state index contributed by atoms with van der Waals surface area (Å²) < 4.78 is 6.19. The summed E-state index contributed by atoms with van der Waals surface area (Å²) in [5, 5.41) is 13.1. The first kappa shape index (κ1) is 14.9. The molecule has 0 amide bonds. The number of benzene rings is 2. The maximum atomic E-state index is 9.70. The highest BCUT2D eigenvalue weighted by molar-refractivity contribution is 9.10. The van der Waals surface area contributed by atoms with Crippen molar-refractivity contribution in [2.45, 2.75) is 13.0 Å². The molecular weight excluding hydrogens is 318 g/mol. The Balaban J connectivity index is 2.31. The van der Waals surface area contributed by atoms with Crippen molar-refractivity contribution in [2.24, 2.45) is 0 Å². The van der Waals surface area contributed by atoms with Crippen LogP contribution in [0.5, 0.6) is 5.75 Å². The van der Waals surface area contributed by atoms with Gasteiger partial charge in [-0.25, -0.2) is 0 Å². The maximum absolute atomic E-state index is 9.70. The van der Waals surface area contributed by atoms with Gasteiger partial charge in [-0.05, 0) is 42.3 Å². The van der Waals surface area contributed by atoms with Gasteiger partial charge in [0.2, 0.25) is 0 Å². The molecule has 0 radical (unpaired) electrons. The van der Waals surface area contributed by atoms with Crippen molar-refractivity contribution < 1.29 is 9.84 Å². The molecule has 0 aliphatic rings. The van der Waals surface area contributed by atoms with Gasteiger partial charge < -0.3 is 15.2 Å². The molecule has 0 saturated heterocycles. The van der Waals surface area contributed by atoms with Gasteiger partial charge >= 0.3 is 0 Å². The van der Waals surface area contributed by atoms with Gasteiger partial charge in [0.25, 0.3) is 0 Å². The molecule has 0 aliphatic carbocycles. The van der Waals surface area contributed by atoms with Crippen LogP contribution in [0.25, 0.3) is 0 Å². The zero-order chi connectivity index (χ0) is 14.5. The summed E-state index contributed by atoms with van der Waals surface area (Å²) in [5.41, 5.74) is 3.13. The van der Waals surface area contributed by atoms with E-state index in [0.717, 1.165) is 27.0 Å². The Labute approximate surface area is 127 Å². The molecule has 20 heavy (non-hydrogen) atoms. The summed E-state index contributed by atoms with van der Waals surface area (Å²) in [6.07, 6.45) is 0. The van der Waals surface area contributed by atoms with Crippen LogP contribution < -0.4 is 10.1 Å². The van der Waals surface area contributed by atoms with E-state index in [-0.39, 0.29) is 12.6 Å². The number of hydrogen-bond acceptors (Lipinski definition) is 3. The quantitative estimate of drug-likeness (QED) is 0.870. The lowest BCUT2D eigenvalue weighted by Gasteiger charge is -2.21. The molecule has 4 heteroatoms.